The molecule has 0 spiro atoms. The van der Waals surface area contributed by atoms with E-state index in [-0.39, 0.29) is 0 Å². The van der Waals surface area contributed by atoms with Crippen LogP contribution in [0.15, 0.2) is 5.16 Å². The minimum absolute atomic E-state index is 0.405. The number of hydrogen-bond donors (Lipinski definition) is 2. The Bertz CT molecular complexity index is 70.6. The molecule has 0 bridgehead atoms. The lowest BCUT2D eigenvalue weighted by Crippen LogP contribution is -2.11. The molecule has 0 saturated heterocycles. The largest absolute Gasteiger partial charge is 0.384 e. The summed E-state index contributed by atoms with van der Waals surface area (Å²) in [6.07, 6.45) is 0.664. The van der Waals surface area contributed by atoms with Crippen LogP contribution in [-0.2, 0) is 4.94 Å². The van der Waals surface area contributed by atoms with Crippen molar-refractivity contribution in [1.82, 2.24) is 0 Å². The fourth-order valence-corrected chi connectivity index (χ4v) is 0.132. The van der Waals surface area contributed by atoms with E-state index < -0.39 is 0 Å². The molecule has 0 aliphatic carbocycles. The van der Waals surface area contributed by atoms with E-state index in [0.717, 1.165) is 0 Å². The van der Waals surface area contributed by atoms with Gasteiger partial charge in [-0.15, -0.1) is 5.90 Å². The lowest BCUT2D eigenvalue weighted by molar-refractivity contribution is 0.148. The van der Waals surface area contributed by atoms with Gasteiger partial charge in [0.05, 0.1) is 0 Å². The average Bonchev–Trinajstić information content (AvgIpc) is 1.68. The average molecular weight is 103 g/mol. The van der Waals surface area contributed by atoms with E-state index in [1.807, 2.05) is 6.92 Å². The zero-order valence-electron chi connectivity index (χ0n) is 4.22. The number of oxime groups is 1. The standard InChI is InChI=1S/C3H9N3O/c1-2-3(4)6-7-5/h2,5H2,1H3,(H2,4,6). The van der Waals surface area contributed by atoms with Crippen molar-refractivity contribution in [1.29, 1.82) is 0 Å². The Morgan fingerprint density at radius 3 is 2.57 bits per heavy atom. The van der Waals surface area contributed by atoms with Crippen LogP contribution in [0.4, 0.5) is 0 Å². The first-order valence-electron chi connectivity index (χ1n) is 1.99. The summed E-state index contributed by atoms with van der Waals surface area (Å²) in [4.78, 5) is 3.86. The van der Waals surface area contributed by atoms with Crippen molar-refractivity contribution in [2.24, 2.45) is 16.8 Å². The van der Waals surface area contributed by atoms with E-state index in [1.54, 1.807) is 0 Å². The highest BCUT2D eigenvalue weighted by Crippen LogP contribution is 1.73. The quantitative estimate of drug-likeness (QED) is 0.282. The van der Waals surface area contributed by atoms with Crippen LogP contribution in [0, 0.1) is 0 Å². The Labute approximate surface area is 42.1 Å². The van der Waals surface area contributed by atoms with Gasteiger partial charge in [0.1, 0.15) is 5.84 Å². The molecule has 0 saturated carbocycles. The van der Waals surface area contributed by atoms with Gasteiger partial charge in [-0.05, 0) is 5.16 Å². The fourth-order valence-electron chi connectivity index (χ4n) is 0.132. The second-order valence-electron chi connectivity index (χ2n) is 1.04. The maximum absolute atomic E-state index is 5.13. The highest BCUT2D eigenvalue weighted by molar-refractivity contribution is 5.79. The highest BCUT2D eigenvalue weighted by atomic mass is 16.7. The molecular weight excluding hydrogens is 94.1 g/mol. The van der Waals surface area contributed by atoms with Crippen LogP contribution >= 0.6 is 0 Å². The Morgan fingerprint density at radius 1 is 1.86 bits per heavy atom. The summed E-state index contributed by atoms with van der Waals surface area (Å²) < 4.78 is 0. The van der Waals surface area contributed by atoms with Crippen molar-refractivity contribution < 1.29 is 4.94 Å². The molecule has 4 N–H and O–H groups in total. The van der Waals surface area contributed by atoms with E-state index in [9.17, 15) is 0 Å². The Hall–Kier alpha value is -0.770. The van der Waals surface area contributed by atoms with E-state index in [2.05, 4.69) is 16.0 Å². The first-order chi connectivity index (χ1) is 3.31. The second-order valence-corrected chi connectivity index (χ2v) is 1.04. The van der Waals surface area contributed by atoms with Gasteiger partial charge >= 0.3 is 0 Å². The lowest BCUT2D eigenvalue weighted by Gasteiger charge is -1.88. The molecule has 0 aromatic carbocycles. The topological polar surface area (TPSA) is 73.6 Å². The van der Waals surface area contributed by atoms with Crippen molar-refractivity contribution in [3.8, 4) is 0 Å². The van der Waals surface area contributed by atoms with Crippen molar-refractivity contribution >= 4 is 5.84 Å². The maximum atomic E-state index is 5.13. The third-order valence-electron chi connectivity index (χ3n) is 0.532. The van der Waals surface area contributed by atoms with Crippen LogP contribution in [0.1, 0.15) is 13.3 Å². The van der Waals surface area contributed by atoms with Crippen LogP contribution in [-0.4, -0.2) is 5.84 Å². The lowest BCUT2D eigenvalue weighted by atomic mass is 10.5. The molecular formula is C3H9N3O. The van der Waals surface area contributed by atoms with Crippen molar-refractivity contribution in [2.75, 3.05) is 0 Å². The number of rotatable bonds is 2. The summed E-state index contributed by atoms with van der Waals surface area (Å²) in [5.41, 5.74) is 5.13. The molecule has 4 nitrogen and oxygen atoms in total. The first-order valence-corrected chi connectivity index (χ1v) is 1.99. The van der Waals surface area contributed by atoms with E-state index in [0.29, 0.717) is 12.3 Å². The maximum Gasteiger partial charge on any atom is 0.141 e. The van der Waals surface area contributed by atoms with Gasteiger partial charge in [0.15, 0.2) is 0 Å². The predicted molar refractivity (Wildman–Crippen MR) is 27.2 cm³/mol. The summed E-state index contributed by atoms with van der Waals surface area (Å²) >= 11 is 0. The van der Waals surface area contributed by atoms with Crippen LogP contribution in [0.25, 0.3) is 0 Å². The van der Waals surface area contributed by atoms with Gasteiger partial charge in [0, 0.05) is 6.42 Å². The first kappa shape index (κ1) is 6.23. The van der Waals surface area contributed by atoms with Gasteiger partial charge < -0.3 is 10.7 Å². The van der Waals surface area contributed by atoms with Gasteiger partial charge in [-0.25, -0.2) is 0 Å². The molecule has 0 rings (SSSR count). The van der Waals surface area contributed by atoms with Gasteiger partial charge in [-0.3, -0.25) is 0 Å². The molecule has 0 amide bonds. The predicted octanol–water partition coefficient (Wildman–Crippen LogP) is -0.441. The zero-order valence-corrected chi connectivity index (χ0v) is 4.22. The molecule has 0 aliphatic heterocycles. The summed E-state index contributed by atoms with van der Waals surface area (Å²) in [6.45, 7) is 1.86. The molecule has 0 aliphatic rings. The van der Waals surface area contributed by atoms with Gasteiger partial charge in [0.25, 0.3) is 0 Å². The third kappa shape index (κ3) is 3.05. The molecule has 0 unspecified atom stereocenters. The molecule has 0 heterocycles. The summed E-state index contributed by atoms with van der Waals surface area (Å²) in [5, 5.41) is 3.22. The molecule has 42 valence electrons. The number of nitrogens with zero attached hydrogens (tertiary/aromatic N) is 1. The Morgan fingerprint density at radius 2 is 2.43 bits per heavy atom. The zero-order chi connectivity index (χ0) is 5.70. The van der Waals surface area contributed by atoms with E-state index in [1.165, 1.54) is 0 Å². The second kappa shape index (κ2) is 3.42. The third-order valence-corrected chi connectivity index (χ3v) is 0.532. The van der Waals surface area contributed by atoms with Gasteiger partial charge in [-0.1, -0.05) is 6.92 Å². The van der Waals surface area contributed by atoms with Crippen molar-refractivity contribution in [3.05, 3.63) is 0 Å². The fraction of sp³-hybridized carbons (Fsp3) is 0.667. The number of hydrogen-bond acceptors (Lipinski definition) is 3. The molecule has 0 aromatic heterocycles. The minimum Gasteiger partial charge on any atom is -0.384 e. The van der Waals surface area contributed by atoms with E-state index in [4.69, 9.17) is 5.73 Å². The SMILES string of the molecule is CCC(N)=NON. The molecule has 0 atom stereocenters. The number of amidine groups is 1. The Balaban J connectivity index is 3.29. The van der Waals surface area contributed by atoms with Crippen LogP contribution in [0.2, 0.25) is 0 Å². The van der Waals surface area contributed by atoms with Gasteiger partial charge in [0.2, 0.25) is 0 Å². The summed E-state index contributed by atoms with van der Waals surface area (Å²) in [7, 11) is 0. The molecule has 7 heavy (non-hydrogen) atoms. The van der Waals surface area contributed by atoms with Gasteiger partial charge in [-0.2, -0.15) is 0 Å². The van der Waals surface area contributed by atoms with Crippen molar-refractivity contribution in [2.45, 2.75) is 13.3 Å². The Kier molecular flexibility index (Phi) is 3.04. The summed E-state index contributed by atoms with van der Waals surface area (Å²) in [6, 6.07) is 0. The van der Waals surface area contributed by atoms with Crippen LogP contribution < -0.4 is 11.6 Å². The smallest absolute Gasteiger partial charge is 0.141 e. The molecule has 4 heteroatoms. The van der Waals surface area contributed by atoms with Crippen LogP contribution in [0.5, 0.6) is 0 Å². The molecule has 0 fully saturated rings. The minimum atomic E-state index is 0.405. The molecule has 0 radical (unpaired) electrons. The summed E-state index contributed by atoms with van der Waals surface area (Å²) in [5.74, 6) is 4.94. The highest BCUT2D eigenvalue weighted by Gasteiger charge is 1.80. The normalized spacial score (nSPS) is 11.4. The monoisotopic (exact) mass is 103 g/mol. The number of nitrogens with two attached hydrogens (primary N) is 2. The van der Waals surface area contributed by atoms with E-state index >= 15 is 0 Å². The van der Waals surface area contributed by atoms with Crippen LogP contribution in [0.3, 0.4) is 0 Å². The molecule has 0 aromatic rings. The van der Waals surface area contributed by atoms with Crippen molar-refractivity contribution in [3.63, 3.8) is 0 Å².